The van der Waals surface area contributed by atoms with Gasteiger partial charge in [-0.25, -0.2) is 9.97 Å². The van der Waals surface area contributed by atoms with Crippen LogP contribution < -0.4 is 0 Å². The summed E-state index contributed by atoms with van der Waals surface area (Å²) in [4.78, 5) is 11.0. The van der Waals surface area contributed by atoms with Crippen LogP contribution in [0.3, 0.4) is 0 Å². The molecular formula is C41H27N3S. The average Bonchev–Trinajstić information content (AvgIpc) is 3.65. The second-order valence-corrected chi connectivity index (χ2v) is 13.2. The molecule has 0 aliphatic heterocycles. The van der Waals surface area contributed by atoms with Gasteiger partial charge in [0, 0.05) is 42.8 Å². The Morgan fingerprint density at radius 3 is 2.22 bits per heavy atom. The maximum Gasteiger partial charge on any atom is 0.235 e. The average molecular weight is 594 g/mol. The third kappa shape index (κ3) is 3.46. The first kappa shape index (κ1) is 25.1. The van der Waals surface area contributed by atoms with Crippen molar-refractivity contribution in [3.8, 4) is 17.2 Å². The number of rotatable bonds is 2. The molecule has 0 radical (unpaired) electrons. The van der Waals surface area contributed by atoms with Crippen molar-refractivity contribution in [3.63, 3.8) is 0 Å². The summed E-state index contributed by atoms with van der Waals surface area (Å²) < 4.78 is 4.91. The van der Waals surface area contributed by atoms with Crippen molar-refractivity contribution >= 4 is 81.1 Å². The van der Waals surface area contributed by atoms with E-state index in [4.69, 9.17) is 9.97 Å². The van der Waals surface area contributed by atoms with E-state index in [1.807, 2.05) is 11.3 Å². The largest absolute Gasteiger partial charge is 0.276 e. The molecule has 1 aliphatic carbocycles. The van der Waals surface area contributed by atoms with E-state index >= 15 is 0 Å². The van der Waals surface area contributed by atoms with Crippen molar-refractivity contribution in [2.75, 3.05) is 0 Å². The summed E-state index contributed by atoms with van der Waals surface area (Å²) >= 11 is 1.87. The Morgan fingerprint density at radius 1 is 0.667 bits per heavy atom. The van der Waals surface area contributed by atoms with Crippen LogP contribution in [0.25, 0.3) is 86.9 Å². The van der Waals surface area contributed by atoms with Crippen LogP contribution in [-0.2, 0) is 0 Å². The lowest BCUT2D eigenvalue weighted by molar-refractivity contribution is 0.773. The lowest BCUT2D eigenvalue weighted by Crippen LogP contribution is -2.07. The highest BCUT2D eigenvalue weighted by molar-refractivity contribution is 7.27. The first-order valence-corrected chi connectivity index (χ1v) is 16.4. The summed E-state index contributed by atoms with van der Waals surface area (Å²) in [5, 5.41) is 8.71. The van der Waals surface area contributed by atoms with E-state index in [0.717, 1.165) is 34.1 Å². The van der Waals surface area contributed by atoms with Gasteiger partial charge in [0.1, 0.15) is 0 Å². The van der Waals surface area contributed by atoms with E-state index in [9.17, 15) is 0 Å². The standard InChI is InChI=1S/C41H27N3S/c1-24-12-11-19-29-26(24)22-23-32-37(25-13-3-2-4-14-25)42-41(43-38(29)32)44-33-20-9-7-17-30(33)35-27-15-5-6-16-28(27)36-31-18-8-10-21-34(31)45-40(36)39(35)44/h2-11,13-24H,12H2,1H3. The molecule has 1 atom stereocenters. The highest BCUT2D eigenvalue weighted by atomic mass is 32.1. The van der Waals surface area contributed by atoms with E-state index in [1.165, 1.54) is 58.4 Å². The van der Waals surface area contributed by atoms with Crippen molar-refractivity contribution in [1.82, 2.24) is 14.5 Å². The predicted molar refractivity (Wildman–Crippen MR) is 192 cm³/mol. The maximum atomic E-state index is 5.50. The predicted octanol–water partition coefficient (Wildman–Crippen LogP) is 11.4. The van der Waals surface area contributed by atoms with Gasteiger partial charge in [-0.15, -0.1) is 11.3 Å². The minimum atomic E-state index is 0.450. The van der Waals surface area contributed by atoms with Gasteiger partial charge in [-0.3, -0.25) is 4.57 Å². The molecule has 3 aromatic heterocycles. The molecule has 0 amide bonds. The molecule has 1 aliphatic rings. The van der Waals surface area contributed by atoms with Gasteiger partial charge < -0.3 is 0 Å². The number of hydrogen-bond donors (Lipinski definition) is 0. The summed E-state index contributed by atoms with van der Waals surface area (Å²) in [6, 6.07) is 41.5. The first-order valence-electron chi connectivity index (χ1n) is 15.6. The van der Waals surface area contributed by atoms with E-state index < -0.39 is 0 Å². The lowest BCUT2D eigenvalue weighted by Gasteiger charge is -2.20. The SMILES string of the molecule is CC1CC=Cc2c1ccc1c(-c3ccccc3)nc(-n3c4ccccc4c4c5ccccc5c5c6ccccc6sc5c43)nc21. The highest BCUT2D eigenvalue weighted by Gasteiger charge is 2.25. The molecule has 3 heterocycles. The maximum absolute atomic E-state index is 5.50. The van der Waals surface area contributed by atoms with Gasteiger partial charge in [-0.1, -0.05) is 122 Å². The molecule has 45 heavy (non-hydrogen) atoms. The van der Waals surface area contributed by atoms with E-state index in [2.05, 4.69) is 139 Å². The number of thiophene rings is 1. The molecule has 1 unspecified atom stereocenters. The van der Waals surface area contributed by atoms with Crippen LogP contribution in [0.1, 0.15) is 30.4 Å². The van der Waals surface area contributed by atoms with Crippen molar-refractivity contribution < 1.29 is 0 Å². The second-order valence-electron chi connectivity index (χ2n) is 12.2. The lowest BCUT2D eigenvalue weighted by atomic mass is 9.86. The summed E-state index contributed by atoms with van der Waals surface area (Å²) in [6.07, 6.45) is 5.61. The fourth-order valence-electron chi connectivity index (χ4n) is 7.59. The first-order chi connectivity index (χ1) is 22.3. The van der Waals surface area contributed by atoms with E-state index in [-0.39, 0.29) is 0 Å². The Hall–Kier alpha value is -5.32. The van der Waals surface area contributed by atoms with Crippen LogP contribution >= 0.6 is 11.3 Å². The number of benzene rings is 6. The number of fused-ring (bicyclic) bond motifs is 13. The topological polar surface area (TPSA) is 30.7 Å². The number of allylic oxidation sites excluding steroid dienone is 1. The molecule has 4 heteroatoms. The molecule has 0 saturated carbocycles. The Morgan fingerprint density at radius 2 is 1.38 bits per heavy atom. The molecule has 10 rings (SSSR count). The minimum Gasteiger partial charge on any atom is -0.276 e. The van der Waals surface area contributed by atoms with Crippen molar-refractivity contribution in [3.05, 3.63) is 132 Å². The van der Waals surface area contributed by atoms with Crippen LogP contribution in [0.2, 0.25) is 0 Å². The van der Waals surface area contributed by atoms with Crippen LogP contribution in [0, 0.1) is 0 Å². The van der Waals surface area contributed by atoms with Gasteiger partial charge >= 0.3 is 0 Å². The van der Waals surface area contributed by atoms with Gasteiger partial charge in [0.15, 0.2) is 0 Å². The number of nitrogens with zero attached hydrogens (tertiary/aromatic N) is 3. The zero-order chi connectivity index (χ0) is 29.6. The molecular weight excluding hydrogens is 567 g/mol. The van der Waals surface area contributed by atoms with Crippen molar-refractivity contribution in [2.24, 2.45) is 0 Å². The molecule has 212 valence electrons. The highest BCUT2D eigenvalue weighted by Crippen LogP contribution is 2.48. The molecule has 9 aromatic rings. The summed E-state index contributed by atoms with van der Waals surface area (Å²) in [7, 11) is 0. The fourth-order valence-corrected chi connectivity index (χ4v) is 8.85. The molecule has 0 bridgehead atoms. The molecule has 0 fully saturated rings. The monoisotopic (exact) mass is 593 g/mol. The van der Waals surface area contributed by atoms with Gasteiger partial charge in [0.05, 0.1) is 26.9 Å². The zero-order valence-corrected chi connectivity index (χ0v) is 25.5. The summed E-state index contributed by atoms with van der Waals surface area (Å²) in [5.41, 5.74) is 7.94. The van der Waals surface area contributed by atoms with Gasteiger partial charge in [-0.2, -0.15) is 0 Å². The summed E-state index contributed by atoms with van der Waals surface area (Å²) in [5.74, 6) is 1.16. The van der Waals surface area contributed by atoms with Crippen LogP contribution in [0.4, 0.5) is 0 Å². The van der Waals surface area contributed by atoms with Crippen molar-refractivity contribution in [1.29, 1.82) is 0 Å². The van der Waals surface area contributed by atoms with Crippen LogP contribution in [0.5, 0.6) is 0 Å². The van der Waals surface area contributed by atoms with Gasteiger partial charge in [0.25, 0.3) is 0 Å². The molecule has 0 saturated heterocycles. The number of aromatic nitrogens is 3. The van der Waals surface area contributed by atoms with E-state index in [0.29, 0.717) is 11.9 Å². The van der Waals surface area contributed by atoms with Crippen LogP contribution in [0.15, 0.2) is 121 Å². The molecule has 0 spiro atoms. The third-order valence-corrected chi connectivity index (χ3v) is 10.8. The Balaban J connectivity index is 1.45. The normalized spacial score (nSPS) is 14.8. The van der Waals surface area contributed by atoms with E-state index in [1.54, 1.807) is 0 Å². The quantitative estimate of drug-likeness (QED) is 0.200. The third-order valence-electron chi connectivity index (χ3n) is 9.63. The molecule has 0 N–H and O–H groups in total. The Kier molecular flexibility index (Phi) is 5.20. The fraction of sp³-hybridized carbons (Fsp3) is 0.0732. The minimum absolute atomic E-state index is 0.450. The molecule has 6 aromatic carbocycles. The second kappa shape index (κ2) is 9.34. The smallest absolute Gasteiger partial charge is 0.235 e. The molecule has 3 nitrogen and oxygen atoms in total. The zero-order valence-electron chi connectivity index (χ0n) is 24.7. The summed E-state index contributed by atoms with van der Waals surface area (Å²) in [6.45, 7) is 2.31. The Labute approximate surface area is 263 Å². The van der Waals surface area contributed by atoms with Gasteiger partial charge in [0.2, 0.25) is 5.95 Å². The Bertz CT molecular complexity index is 2690. The number of hydrogen-bond acceptors (Lipinski definition) is 3. The van der Waals surface area contributed by atoms with Crippen LogP contribution in [-0.4, -0.2) is 14.5 Å². The van der Waals surface area contributed by atoms with Crippen molar-refractivity contribution in [2.45, 2.75) is 19.3 Å². The number of para-hydroxylation sites is 1. The van der Waals surface area contributed by atoms with Gasteiger partial charge in [-0.05, 0) is 40.8 Å².